The molecule has 5 heteroatoms. The van der Waals surface area contributed by atoms with Crippen LogP contribution in [0.3, 0.4) is 0 Å². The van der Waals surface area contributed by atoms with E-state index in [4.69, 9.17) is 0 Å². The highest BCUT2D eigenvalue weighted by Crippen LogP contribution is 2.01. The Morgan fingerprint density at radius 3 is 2.86 bits per heavy atom. The minimum Gasteiger partial charge on any atom is -0.347 e. The molecular weight excluding hydrogens is 182 g/mol. The van der Waals surface area contributed by atoms with Crippen LogP contribution in [0.2, 0.25) is 0 Å². The third kappa shape index (κ3) is 2.99. The maximum Gasteiger partial charge on any atom is 0.242 e. The minimum absolute atomic E-state index is 0.00537. The lowest BCUT2D eigenvalue weighted by Crippen LogP contribution is -2.54. The lowest BCUT2D eigenvalue weighted by atomic mass is 10.2. The molecule has 1 heterocycles. The summed E-state index contributed by atoms with van der Waals surface area (Å²) < 4.78 is 0. The average Bonchev–Trinajstić information content (AvgIpc) is 2.15. The molecule has 0 spiro atoms. The van der Waals surface area contributed by atoms with Gasteiger partial charge in [-0.3, -0.25) is 9.59 Å². The van der Waals surface area contributed by atoms with Crippen LogP contribution in [0.4, 0.5) is 0 Å². The molecule has 1 saturated heterocycles. The molecule has 1 rings (SSSR count). The van der Waals surface area contributed by atoms with E-state index < -0.39 is 0 Å². The first kappa shape index (κ1) is 11.0. The molecule has 1 atom stereocenters. The minimum atomic E-state index is -0.166. The summed E-state index contributed by atoms with van der Waals surface area (Å²) in [6, 6.07) is 0.213. The van der Waals surface area contributed by atoms with E-state index in [0.717, 1.165) is 19.6 Å². The topological polar surface area (TPSA) is 61.4 Å². The van der Waals surface area contributed by atoms with Crippen molar-refractivity contribution in [3.05, 3.63) is 0 Å². The Balaban J connectivity index is 2.38. The highest BCUT2D eigenvalue weighted by atomic mass is 16.2. The van der Waals surface area contributed by atoms with Crippen molar-refractivity contribution in [1.29, 1.82) is 0 Å². The molecule has 0 aromatic rings. The predicted octanol–water partition coefficient (Wildman–Crippen LogP) is -1.06. The summed E-state index contributed by atoms with van der Waals surface area (Å²) in [4.78, 5) is 24.0. The number of nitrogens with zero attached hydrogens (tertiary/aromatic N) is 1. The molecule has 14 heavy (non-hydrogen) atoms. The van der Waals surface area contributed by atoms with Crippen molar-refractivity contribution in [2.75, 3.05) is 26.2 Å². The summed E-state index contributed by atoms with van der Waals surface area (Å²) >= 11 is 0. The van der Waals surface area contributed by atoms with E-state index in [1.54, 1.807) is 4.90 Å². The Labute approximate surface area is 83.8 Å². The first-order valence-corrected chi connectivity index (χ1v) is 4.86. The second kappa shape index (κ2) is 4.95. The Morgan fingerprint density at radius 2 is 2.29 bits per heavy atom. The first-order valence-electron chi connectivity index (χ1n) is 4.86. The third-order valence-electron chi connectivity index (χ3n) is 2.31. The van der Waals surface area contributed by atoms with Crippen molar-refractivity contribution in [1.82, 2.24) is 15.5 Å². The van der Waals surface area contributed by atoms with Crippen LogP contribution in [0.5, 0.6) is 0 Å². The fraction of sp³-hybridized carbons (Fsp3) is 0.778. The standard InChI is InChI=1S/C9H17N3O2/c1-7-5-10-3-4-12(7)9(14)6-11-8(2)13/h7,10H,3-6H2,1-2H3,(H,11,13). The van der Waals surface area contributed by atoms with Crippen LogP contribution < -0.4 is 10.6 Å². The van der Waals surface area contributed by atoms with Gasteiger partial charge in [0.15, 0.2) is 0 Å². The van der Waals surface area contributed by atoms with E-state index in [1.807, 2.05) is 6.92 Å². The number of rotatable bonds is 2. The summed E-state index contributed by atoms with van der Waals surface area (Å²) in [7, 11) is 0. The molecule has 0 aromatic heterocycles. The second-order valence-electron chi connectivity index (χ2n) is 3.55. The SMILES string of the molecule is CC(=O)NCC(=O)N1CCNCC1C. The fourth-order valence-electron chi connectivity index (χ4n) is 1.51. The van der Waals surface area contributed by atoms with Gasteiger partial charge in [0.05, 0.1) is 6.54 Å². The zero-order valence-electron chi connectivity index (χ0n) is 8.67. The van der Waals surface area contributed by atoms with Gasteiger partial charge in [-0.25, -0.2) is 0 Å². The fourth-order valence-corrected chi connectivity index (χ4v) is 1.51. The van der Waals surface area contributed by atoms with Crippen molar-refractivity contribution in [2.45, 2.75) is 19.9 Å². The Bertz CT molecular complexity index is 230. The molecule has 0 bridgehead atoms. The third-order valence-corrected chi connectivity index (χ3v) is 2.31. The molecule has 1 aliphatic heterocycles. The van der Waals surface area contributed by atoms with Gasteiger partial charge >= 0.3 is 0 Å². The normalized spacial score (nSPS) is 21.9. The monoisotopic (exact) mass is 199 g/mol. The van der Waals surface area contributed by atoms with E-state index in [-0.39, 0.29) is 24.4 Å². The van der Waals surface area contributed by atoms with Gasteiger partial charge in [-0.1, -0.05) is 0 Å². The molecule has 0 aromatic carbocycles. The maximum absolute atomic E-state index is 11.6. The van der Waals surface area contributed by atoms with Gasteiger partial charge in [-0.15, -0.1) is 0 Å². The highest BCUT2D eigenvalue weighted by Gasteiger charge is 2.22. The average molecular weight is 199 g/mol. The van der Waals surface area contributed by atoms with Gasteiger partial charge in [-0.05, 0) is 6.92 Å². The second-order valence-corrected chi connectivity index (χ2v) is 3.55. The maximum atomic E-state index is 11.6. The van der Waals surface area contributed by atoms with Gasteiger partial charge < -0.3 is 15.5 Å². The smallest absolute Gasteiger partial charge is 0.242 e. The van der Waals surface area contributed by atoms with E-state index in [0.29, 0.717) is 0 Å². The number of amides is 2. The highest BCUT2D eigenvalue weighted by molar-refractivity contribution is 5.83. The van der Waals surface area contributed by atoms with Crippen LogP contribution in [-0.2, 0) is 9.59 Å². The zero-order chi connectivity index (χ0) is 10.6. The Hall–Kier alpha value is -1.10. The number of hydrogen-bond acceptors (Lipinski definition) is 3. The number of nitrogens with one attached hydrogen (secondary N) is 2. The molecule has 80 valence electrons. The Morgan fingerprint density at radius 1 is 1.57 bits per heavy atom. The van der Waals surface area contributed by atoms with Crippen molar-refractivity contribution in [3.8, 4) is 0 Å². The van der Waals surface area contributed by atoms with E-state index in [1.165, 1.54) is 6.92 Å². The van der Waals surface area contributed by atoms with Gasteiger partial charge in [0.1, 0.15) is 0 Å². The summed E-state index contributed by atoms with van der Waals surface area (Å²) in [5, 5.41) is 5.72. The quantitative estimate of drug-likeness (QED) is 0.596. The largest absolute Gasteiger partial charge is 0.347 e. The predicted molar refractivity (Wildman–Crippen MR) is 52.7 cm³/mol. The van der Waals surface area contributed by atoms with E-state index >= 15 is 0 Å². The number of carbonyl (C=O) groups is 2. The summed E-state index contributed by atoms with van der Waals surface area (Å²) in [5.41, 5.74) is 0. The number of piperazine rings is 1. The number of hydrogen-bond donors (Lipinski definition) is 2. The van der Waals surface area contributed by atoms with Crippen molar-refractivity contribution < 1.29 is 9.59 Å². The molecule has 1 unspecified atom stereocenters. The van der Waals surface area contributed by atoms with Crippen LogP contribution in [-0.4, -0.2) is 48.9 Å². The molecule has 1 fully saturated rings. The van der Waals surface area contributed by atoms with Crippen LogP contribution in [0.1, 0.15) is 13.8 Å². The van der Waals surface area contributed by atoms with Gasteiger partial charge in [0, 0.05) is 32.6 Å². The van der Waals surface area contributed by atoms with Crippen molar-refractivity contribution in [3.63, 3.8) is 0 Å². The first-order chi connectivity index (χ1) is 6.61. The van der Waals surface area contributed by atoms with Crippen LogP contribution in [0.15, 0.2) is 0 Å². The van der Waals surface area contributed by atoms with E-state index in [9.17, 15) is 9.59 Å². The van der Waals surface area contributed by atoms with Gasteiger partial charge in [0.2, 0.25) is 11.8 Å². The summed E-state index contributed by atoms with van der Waals surface area (Å²) in [5.74, 6) is -0.171. The molecule has 5 nitrogen and oxygen atoms in total. The summed E-state index contributed by atoms with van der Waals surface area (Å²) in [6.07, 6.45) is 0. The van der Waals surface area contributed by atoms with Gasteiger partial charge in [-0.2, -0.15) is 0 Å². The molecule has 0 aliphatic carbocycles. The molecule has 0 radical (unpaired) electrons. The van der Waals surface area contributed by atoms with Crippen molar-refractivity contribution >= 4 is 11.8 Å². The van der Waals surface area contributed by atoms with Crippen LogP contribution in [0.25, 0.3) is 0 Å². The molecule has 2 N–H and O–H groups in total. The van der Waals surface area contributed by atoms with E-state index in [2.05, 4.69) is 10.6 Å². The molecule has 1 aliphatic rings. The molecule has 2 amide bonds. The lowest BCUT2D eigenvalue weighted by Gasteiger charge is -2.34. The summed E-state index contributed by atoms with van der Waals surface area (Å²) in [6.45, 7) is 5.90. The van der Waals surface area contributed by atoms with Crippen LogP contribution >= 0.6 is 0 Å². The molecular formula is C9H17N3O2. The Kier molecular flexibility index (Phi) is 3.88. The van der Waals surface area contributed by atoms with Gasteiger partial charge in [0.25, 0.3) is 0 Å². The van der Waals surface area contributed by atoms with Crippen LogP contribution in [0, 0.1) is 0 Å². The lowest BCUT2D eigenvalue weighted by molar-refractivity contribution is -0.134. The van der Waals surface area contributed by atoms with Crippen molar-refractivity contribution in [2.24, 2.45) is 0 Å². The zero-order valence-corrected chi connectivity index (χ0v) is 8.67. The number of carbonyl (C=O) groups excluding carboxylic acids is 2. The molecule has 0 saturated carbocycles.